The van der Waals surface area contributed by atoms with Crippen LogP contribution in [0, 0.1) is 49.4 Å². The molecular formula is C26H24N2O3. The summed E-state index contributed by atoms with van der Waals surface area (Å²) in [5.41, 5.74) is 3.79. The van der Waals surface area contributed by atoms with Crippen molar-refractivity contribution in [2.24, 2.45) is 35.5 Å². The van der Waals surface area contributed by atoms with E-state index in [-0.39, 0.29) is 41.4 Å². The zero-order chi connectivity index (χ0) is 21.4. The zero-order valence-corrected chi connectivity index (χ0v) is 17.5. The van der Waals surface area contributed by atoms with Crippen molar-refractivity contribution < 1.29 is 14.4 Å². The van der Waals surface area contributed by atoms with E-state index in [4.69, 9.17) is 0 Å². The first-order valence-electron chi connectivity index (χ1n) is 11.0. The van der Waals surface area contributed by atoms with Gasteiger partial charge in [0.1, 0.15) is 0 Å². The lowest BCUT2D eigenvalue weighted by Crippen LogP contribution is -2.40. The summed E-state index contributed by atoms with van der Waals surface area (Å²) >= 11 is 0. The van der Waals surface area contributed by atoms with Gasteiger partial charge in [0, 0.05) is 11.3 Å². The maximum Gasteiger partial charge on any atom is 0.255 e. The lowest BCUT2D eigenvalue weighted by atomic mass is 9.63. The third kappa shape index (κ3) is 2.72. The third-order valence-electron chi connectivity index (χ3n) is 7.51. The molecule has 4 aliphatic carbocycles. The van der Waals surface area contributed by atoms with Gasteiger partial charge in [-0.2, -0.15) is 0 Å². The molecule has 2 aromatic carbocycles. The molecule has 156 valence electrons. The number of carbonyl (C=O) groups is 3. The predicted octanol–water partition coefficient (Wildman–Crippen LogP) is 4.11. The van der Waals surface area contributed by atoms with Crippen LogP contribution >= 0.6 is 0 Å². The number of nitrogens with one attached hydrogen (secondary N) is 1. The van der Waals surface area contributed by atoms with Gasteiger partial charge in [-0.15, -0.1) is 0 Å². The molecule has 0 aromatic heterocycles. The fourth-order valence-electron chi connectivity index (χ4n) is 6.25. The molecule has 5 heteroatoms. The normalized spacial score (nSPS) is 32.1. The van der Waals surface area contributed by atoms with Gasteiger partial charge in [-0.25, -0.2) is 4.90 Å². The van der Waals surface area contributed by atoms with Crippen molar-refractivity contribution in [1.29, 1.82) is 0 Å². The second kappa shape index (κ2) is 6.39. The van der Waals surface area contributed by atoms with Crippen LogP contribution in [0.5, 0.6) is 0 Å². The van der Waals surface area contributed by atoms with Gasteiger partial charge in [0.15, 0.2) is 0 Å². The minimum Gasteiger partial charge on any atom is -0.322 e. The Labute approximate surface area is 181 Å². The smallest absolute Gasteiger partial charge is 0.255 e. The Balaban J connectivity index is 1.28. The van der Waals surface area contributed by atoms with Gasteiger partial charge < -0.3 is 5.32 Å². The summed E-state index contributed by atoms with van der Waals surface area (Å²) < 4.78 is 0. The van der Waals surface area contributed by atoms with Crippen LogP contribution in [0.4, 0.5) is 11.4 Å². The topological polar surface area (TPSA) is 66.5 Å². The Kier molecular flexibility index (Phi) is 3.83. The number of aryl methyl sites for hydroxylation is 2. The van der Waals surface area contributed by atoms with Gasteiger partial charge in [0.25, 0.3) is 5.91 Å². The van der Waals surface area contributed by atoms with Crippen LogP contribution in [0.3, 0.4) is 0 Å². The largest absolute Gasteiger partial charge is 0.322 e. The highest BCUT2D eigenvalue weighted by atomic mass is 16.2. The van der Waals surface area contributed by atoms with Crippen LogP contribution in [0.15, 0.2) is 54.6 Å². The molecule has 3 amide bonds. The quantitative estimate of drug-likeness (QED) is 0.609. The Bertz CT molecular complexity index is 1130. The number of benzene rings is 2. The average molecular weight is 412 g/mol. The highest BCUT2D eigenvalue weighted by Gasteiger charge is 2.67. The summed E-state index contributed by atoms with van der Waals surface area (Å²) in [6.45, 7) is 3.97. The monoisotopic (exact) mass is 412 g/mol. The summed E-state index contributed by atoms with van der Waals surface area (Å²) in [4.78, 5) is 40.8. The molecule has 5 aliphatic rings. The zero-order valence-electron chi connectivity index (χ0n) is 17.5. The van der Waals surface area contributed by atoms with E-state index < -0.39 is 0 Å². The minimum absolute atomic E-state index is 0.105. The van der Waals surface area contributed by atoms with Crippen molar-refractivity contribution in [3.8, 4) is 0 Å². The van der Waals surface area contributed by atoms with Gasteiger partial charge in [-0.1, -0.05) is 24.3 Å². The molecule has 1 saturated heterocycles. The summed E-state index contributed by atoms with van der Waals surface area (Å²) in [6.07, 6.45) is 5.48. The van der Waals surface area contributed by atoms with Gasteiger partial charge in [-0.3, -0.25) is 14.4 Å². The highest BCUT2D eigenvalue weighted by Crippen LogP contribution is 2.65. The summed E-state index contributed by atoms with van der Waals surface area (Å²) in [5, 5.41) is 2.93. The first kappa shape index (κ1) is 18.6. The summed E-state index contributed by atoms with van der Waals surface area (Å²) in [6, 6.07) is 12.7. The molecule has 5 nitrogen and oxygen atoms in total. The van der Waals surface area contributed by atoms with Gasteiger partial charge in [-0.05, 0) is 85.4 Å². The van der Waals surface area contributed by atoms with Crippen molar-refractivity contribution in [3.05, 3.63) is 71.3 Å². The number of hydrogen-bond donors (Lipinski definition) is 1. The molecule has 31 heavy (non-hydrogen) atoms. The van der Waals surface area contributed by atoms with Crippen LogP contribution in [-0.4, -0.2) is 17.7 Å². The Morgan fingerprint density at radius 3 is 2.13 bits per heavy atom. The van der Waals surface area contributed by atoms with E-state index in [0.717, 1.165) is 23.2 Å². The number of nitrogens with zero attached hydrogens (tertiary/aromatic N) is 1. The second-order valence-electron chi connectivity index (χ2n) is 9.55. The number of amides is 3. The third-order valence-corrected chi connectivity index (χ3v) is 7.51. The fraction of sp³-hybridized carbons (Fsp3) is 0.346. The number of carbonyl (C=O) groups excluding carboxylic acids is 3. The predicted molar refractivity (Wildman–Crippen MR) is 118 cm³/mol. The van der Waals surface area contributed by atoms with Crippen molar-refractivity contribution >= 4 is 29.1 Å². The highest BCUT2D eigenvalue weighted by molar-refractivity contribution is 6.23. The van der Waals surface area contributed by atoms with E-state index in [2.05, 4.69) is 17.5 Å². The Morgan fingerprint density at radius 1 is 0.903 bits per heavy atom. The van der Waals surface area contributed by atoms with E-state index in [0.29, 0.717) is 23.1 Å². The first-order chi connectivity index (χ1) is 14.9. The van der Waals surface area contributed by atoms with E-state index in [1.807, 2.05) is 32.0 Å². The van der Waals surface area contributed by atoms with Crippen LogP contribution < -0.4 is 10.2 Å². The van der Waals surface area contributed by atoms with Crippen molar-refractivity contribution in [1.82, 2.24) is 0 Å². The molecule has 1 heterocycles. The summed E-state index contributed by atoms with van der Waals surface area (Å²) in [7, 11) is 0. The minimum atomic E-state index is -0.258. The first-order valence-corrected chi connectivity index (χ1v) is 11.0. The van der Waals surface area contributed by atoms with Crippen LogP contribution in [0.2, 0.25) is 0 Å². The fourth-order valence-corrected chi connectivity index (χ4v) is 6.25. The van der Waals surface area contributed by atoms with Crippen molar-refractivity contribution in [2.75, 3.05) is 10.2 Å². The molecule has 0 radical (unpaired) electrons. The van der Waals surface area contributed by atoms with Crippen LogP contribution in [0.1, 0.15) is 27.9 Å². The van der Waals surface area contributed by atoms with Crippen LogP contribution in [0.25, 0.3) is 0 Å². The Morgan fingerprint density at radius 2 is 1.52 bits per heavy atom. The molecule has 2 saturated carbocycles. The Hall–Kier alpha value is -3.21. The molecule has 6 atom stereocenters. The average Bonchev–Trinajstić information content (AvgIpc) is 3.51. The van der Waals surface area contributed by atoms with Gasteiger partial charge >= 0.3 is 0 Å². The molecule has 3 fully saturated rings. The molecule has 0 unspecified atom stereocenters. The molecular weight excluding hydrogens is 388 g/mol. The standard InChI is InChI=1S/C26H24N2O3/c1-13-8-14(2)10-16(9-13)27-24(29)15-4-3-5-17(11-15)28-25(30)22-18-6-7-19(21-12-20(18)21)23(22)26(28)31/h3-11,18-23H,12H2,1-2H3,(H,27,29)/t18-,19-,20-,21+,22-,23+/m0/s1. The van der Waals surface area contributed by atoms with E-state index in [9.17, 15) is 14.4 Å². The van der Waals surface area contributed by atoms with Crippen LogP contribution in [-0.2, 0) is 9.59 Å². The lowest BCUT2D eigenvalue weighted by Gasteiger charge is -2.37. The van der Waals surface area contributed by atoms with E-state index in [1.165, 1.54) is 4.90 Å². The molecule has 2 bridgehead atoms. The van der Waals surface area contributed by atoms with Gasteiger partial charge in [0.2, 0.25) is 11.8 Å². The molecule has 1 N–H and O–H groups in total. The van der Waals surface area contributed by atoms with E-state index in [1.54, 1.807) is 24.3 Å². The van der Waals surface area contributed by atoms with Crippen molar-refractivity contribution in [3.63, 3.8) is 0 Å². The SMILES string of the molecule is Cc1cc(C)cc(NC(=O)c2cccc(N3C(=O)[C@@H]4[C@H]5C=C[C@@H]([C@@H]6C[C@H]56)[C@@H]4C3=O)c2)c1. The number of anilines is 2. The second-order valence-corrected chi connectivity index (χ2v) is 9.55. The number of imide groups is 1. The lowest BCUT2D eigenvalue weighted by molar-refractivity contribution is -0.124. The maximum atomic E-state index is 13.3. The molecule has 1 aliphatic heterocycles. The van der Waals surface area contributed by atoms with Crippen molar-refractivity contribution in [2.45, 2.75) is 20.3 Å². The molecule has 2 aromatic rings. The maximum absolute atomic E-state index is 13.3. The van der Waals surface area contributed by atoms with Gasteiger partial charge in [0.05, 0.1) is 17.5 Å². The number of rotatable bonds is 3. The number of allylic oxidation sites excluding steroid dienone is 2. The summed E-state index contributed by atoms with van der Waals surface area (Å²) in [5.74, 6) is 0.586. The van der Waals surface area contributed by atoms with E-state index >= 15 is 0 Å². The molecule has 7 rings (SSSR count). The molecule has 0 spiro atoms. The number of hydrogen-bond acceptors (Lipinski definition) is 3.